The van der Waals surface area contributed by atoms with Crippen LogP contribution >= 0.6 is 0 Å². The molecule has 0 radical (unpaired) electrons. The third-order valence-electron chi connectivity index (χ3n) is 4.30. The molecule has 0 saturated carbocycles. The van der Waals surface area contributed by atoms with Crippen molar-refractivity contribution >= 4 is 23.5 Å². The number of carboxylic acids is 1. The summed E-state index contributed by atoms with van der Waals surface area (Å²) in [5.74, 6) is 0.911. The van der Waals surface area contributed by atoms with E-state index in [9.17, 15) is 9.59 Å². The molecule has 0 spiro atoms. The quantitative estimate of drug-likeness (QED) is 0.525. The molecule has 2 aromatic rings. The maximum atomic E-state index is 12.5. The van der Waals surface area contributed by atoms with Gasteiger partial charge in [0.25, 0.3) is 0 Å². The minimum Gasteiger partial charge on any atom is -0.496 e. The molecule has 2 rings (SSSR count). The number of carbonyl (C=O) groups is 2. The molecule has 8 nitrogen and oxygen atoms in total. The number of ketones is 1. The summed E-state index contributed by atoms with van der Waals surface area (Å²) in [5.41, 5.74) is 1.90. The fourth-order valence-electron chi connectivity index (χ4n) is 2.81. The summed E-state index contributed by atoms with van der Waals surface area (Å²) in [7, 11) is 6.10. The first kappa shape index (κ1) is 23.3. The van der Waals surface area contributed by atoms with Crippen LogP contribution < -0.4 is 24.3 Å². The predicted octanol–water partition coefficient (Wildman–Crippen LogP) is 3.56. The zero-order valence-electron chi connectivity index (χ0n) is 17.8. The van der Waals surface area contributed by atoms with Crippen LogP contribution in [0, 0.1) is 0 Å². The van der Waals surface area contributed by atoms with Crippen LogP contribution in [0.2, 0.25) is 0 Å². The molecule has 0 saturated heterocycles. The lowest BCUT2D eigenvalue weighted by atomic mass is 10.1. The van der Waals surface area contributed by atoms with Crippen LogP contribution in [0.25, 0.3) is 6.08 Å². The number of hydrogen-bond acceptors (Lipinski definition) is 7. The molecule has 2 aromatic carbocycles. The minimum atomic E-state index is -1.08. The lowest BCUT2D eigenvalue weighted by molar-refractivity contribution is -0.131. The highest BCUT2D eigenvalue weighted by molar-refractivity contribution is 5.96. The Morgan fingerprint density at radius 3 is 2.10 bits per heavy atom. The first-order valence-electron chi connectivity index (χ1n) is 9.25. The molecule has 0 amide bonds. The van der Waals surface area contributed by atoms with Crippen molar-refractivity contribution in [2.24, 2.45) is 0 Å². The average Bonchev–Trinajstić information content (AvgIpc) is 2.77. The van der Waals surface area contributed by atoms with Gasteiger partial charge in [0.1, 0.15) is 23.0 Å². The van der Waals surface area contributed by atoms with Crippen molar-refractivity contribution in [2.75, 3.05) is 33.8 Å². The van der Waals surface area contributed by atoms with Gasteiger partial charge in [0.15, 0.2) is 5.78 Å². The van der Waals surface area contributed by atoms with Crippen molar-refractivity contribution < 1.29 is 33.6 Å². The average molecular weight is 427 g/mol. The number of nitrogens with one attached hydrogen (secondary N) is 1. The van der Waals surface area contributed by atoms with E-state index in [4.69, 9.17) is 24.1 Å². The Balaban J connectivity index is 2.21. The SMILES string of the molecule is COc1cc(OC)c(/C=C/C(=O)Cc2ccc(OC)c(N/C=C/C(=O)O)c2)c(OC)c1. The van der Waals surface area contributed by atoms with Gasteiger partial charge in [-0.25, -0.2) is 4.79 Å². The Morgan fingerprint density at radius 1 is 0.903 bits per heavy atom. The number of allylic oxidation sites excluding steroid dienone is 1. The standard InChI is InChI=1S/C23H25NO7/c1-28-17-13-21(30-3)18(22(14-17)31-4)7-6-16(25)11-15-5-8-20(29-2)19(12-15)24-10-9-23(26)27/h5-10,12-14,24H,11H2,1-4H3,(H,26,27)/b7-6+,10-9+. The van der Waals surface area contributed by atoms with Gasteiger partial charge in [0, 0.05) is 30.8 Å². The van der Waals surface area contributed by atoms with Crippen molar-refractivity contribution in [3.8, 4) is 23.0 Å². The monoisotopic (exact) mass is 427 g/mol. The number of methoxy groups -OCH3 is 4. The zero-order chi connectivity index (χ0) is 22.8. The second-order valence-electron chi connectivity index (χ2n) is 6.27. The van der Waals surface area contributed by atoms with Gasteiger partial charge in [0.05, 0.1) is 39.7 Å². The van der Waals surface area contributed by atoms with Crippen molar-refractivity contribution in [1.29, 1.82) is 0 Å². The Bertz CT molecular complexity index is 970. The number of benzene rings is 2. The van der Waals surface area contributed by atoms with Crippen LogP contribution in [-0.2, 0) is 16.0 Å². The topological polar surface area (TPSA) is 103 Å². The number of anilines is 1. The Labute approximate surface area is 180 Å². The van der Waals surface area contributed by atoms with E-state index in [2.05, 4.69) is 5.32 Å². The highest BCUT2D eigenvalue weighted by atomic mass is 16.5. The molecule has 0 unspecified atom stereocenters. The van der Waals surface area contributed by atoms with Crippen LogP contribution in [0.3, 0.4) is 0 Å². The van der Waals surface area contributed by atoms with Gasteiger partial charge in [-0.05, 0) is 29.8 Å². The molecule has 0 atom stereocenters. The number of rotatable bonds is 11. The van der Waals surface area contributed by atoms with E-state index in [1.165, 1.54) is 33.6 Å². The third kappa shape index (κ3) is 6.53. The molecule has 0 bridgehead atoms. The normalized spacial score (nSPS) is 10.8. The highest BCUT2D eigenvalue weighted by Gasteiger charge is 2.12. The summed E-state index contributed by atoms with van der Waals surface area (Å²) >= 11 is 0. The van der Waals surface area contributed by atoms with E-state index >= 15 is 0 Å². The van der Waals surface area contributed by atoms with Gasteiger partial charge in [-0.3, -0.25) is 4.79 Å². The van der Waals surface area contributed by atoms with E-state index in [0.717, 1.165) is 11.6 Å². The van der Waals surface area contributed by atoms with Gasteiger partial charge in [-0.1, -0.05) is 6.07 Å². The minimum absolute atomic E-state index is 0.138. The molecule has 31 heavy (non-hydrogen) atoms. The lowest BCUT2D eigenvalue weighted by Gasteiger charge is -2.12. The Hall–Kier alpha value is -3.94. The molecule has 164 valence electrons. The van der Waals surface area contributed by atoms with E-state index < -0.39 is 5.97 Å². The van der Waals surface area contributed by atoms with Crippen LogP contribution in [0.1, 0.15) is 11.1 Å². The van der Waals surface area contributed by atoms with Crippen molar-refractivity contribution in [3.05, 3.63) is 59.8 Å². The highest BCUT2D eigenvalue weighted by Crippen LogP contribution is 2.35. The first-order chi connectivity index (χ1) is 14.9. The molecule has 0 aliphatic rings. The lowest BCUT2D eigenvalue weighted by Crippen LogP contribution is -2.01. The number of hydrogen-bond donors (Lipinski definition) is 2. The molecule has 8 heteroatoms. The maximum absolute atomic E-state index is 12.5. The van der Waals surface area contributed by atoms with Gasteiger partial charge in [-0.15, -0.1) is 0 Å². The molecule has 0 aromatic heterocycles. The van der Waals surface area contributed by atoms with Gasteiger partial charge >= 0.3 is 5.97 Å². The van der Waals surface area contributed by atoms with E-state index in [0.29, 0.717) is 34.2 Å². The molecule has 2 N–H and O–H groups in total. The summed E-state index contributed by atoms with van der Waals surface area (Å²) in [6.45, 7) is 0. The fraction of sp³-hybridized carbons (Fsp3) is 0.217. The maximum Gasteiger partial charge on any atom is 0.329 e. The molecular weight excluding hydrogens is 402 g/mol. The predicted molar refractivity (Wildman–Crippen MR) is 117 cm³/mol. The number of ether oxygens (including phenoxy) is 4. The van der Waals surface area contributed by atoms with Gasteiger partial charge < -0.3 is 29.4 Å². The number of carbonyl (C=O) groups excluding carboxylic acids is 1. The third-order valence-corrected chi connectivity index (χ3v) is 4.30. The van der Waals surface area contributed by atoms with Gasteiger partial charge in [0.2, 0.25) is 0 Å². The smallest absolute Gasteiger partial charge is 0.329 e. The molecule has 0 aliphatic heterocycles. The van der Waals surface area contributed by atoms with Crippen molar-refractivity contribution in [1.82, 2.24) is 0 Å². The van der Waals surface area contributed by atoms with Crippen molar-refractivity contribution in [2.45, 2.75) is 6.42 Å². The zero-order valence-corrected chi connectivity index (χ0v) is 17.8. The Kier molecular flexibility index (Phi) is 8.51. The van der Waals surface area contributed by atoms with E-state index in [1.807, 2.05) is 0 Å². The first-order valence-corrected chi connectivity index (χ1v) is 9.25. The number of aliphatic carboxylic acids is 1. The molecular formula is C23H25NO7. The summed E-state index contributed by atoms with van der Waals surface area (Å²) in [6, 6.07) is 8.62. The van der Waals surface area contributed by atoms with E-state index in [1.54, 1.807) is 43.5 Å². The van der Waals surface area contributed by atoms with Gasteiger partial charge in [-0.2, -0.15) is 0 Å². The van der Waals surface area contributed by atoms with Crippen LogP contribution in [0.5, 0.6) is 23.0 Å². The molecule has 0 aliphatic carbocycles. The molecule has 0 heterocycles. The fourth-order valence-corrected chi connectivity index (χ4v) is 2.81. The largest absolute Gasteiger partial charge is 0.496 e. The Morgan fingerprint density at radius 2 is 1.55 bits per heavy atom. The molecule has 0 fully saturated rings. The second-order valence-corrected chi connectivity index (χ2v) is 6.27. The summed E-state index contributed by atoms with van der Waals surface area (Å²) < 4.78 is 21.2. The van der Waals surface area contributed by atoms with Crippen LogP contribution in [0.4, 0.5) is 5.69 Å². The summed E-state index contributed by atoms with van der Waals surface area (Å²) in [6.07, 6.45) is 5.48. The van der Waals surface area contributed by atoms with E-state index in [-0.39, 0.29) is 12.2 Å². The number of carboxylic acid groups (broad SMARTS) is 1. The van der Waals surface area contributed by atoms with Crippen molar-refractivity contribution in [3.63, 3.8) is 0 Å². The van der Waals surface area contributed by atoms with Crippen LogP contribution in [-0.4, -0.2) is 45.3 Å². The summed E-state index contributed by atoms with van der Waals surface area (Å²) in [4.78, 5) is 23.2. The summed E-state index contributed by atoms with van der Waals surface area (Å²) in [5, 5.41) is 11.6. The second kappa shape index (κ2) is 11.3. The van der Waals surface area contributed by atoms with Crippen LogP contribution in [0.15, 0.2) is 48.7 Å².